The number of rotatable bonds is 5. The lowest BCUT2D eigenvalue weighted by molar-refractivity contribution is -0.873. The van der Waals surface area contributed by atoms with Crippen LogP contribution in [-0.2, 0) is 9.09 Å². The zero-order valence-corrected chi connectivity index (χ0v) is 11.9. The summed E-state index contributed by atoms with van der Waals surface area (Å²) in [5.41, 5.74) is 0. The van der Waals surface area contributed by atoms with Crippen molar-refractivity contribution in [2.45, 2.75) is 38.2 Å². The van der Waals surface area contributed by atoms with E-state index in [-0.39, 0.29) is 12.0 Å². The summed E-state index contributed by atoms with van der Waals surface area (Å²) >= 11 is 0. The summed E-state index contributed by atoms with van der Waals surface area (Å²) in [5.74, 6) is 0.286. The lowest BCUT2D eigenvalue weighted by Gasteiger charge is -2.35. The van der Waals surface area contributed by atoms with Crippen molar-refractivity contribution in [3.63, 3.8) is 0 Å². The standard InChI is InChI=1S/C11H24NO4P/c1-12(2,3)9-11(16-17(13,14)15)10-7-5-4-6-8-10/h10-11H,4-9H2,1-3H3,(H-,13,14,15)/p+1. The number of phosphoric acid groups is 1. The van der Waals surface area contributed by atoms with Crippen LogP contribution in [0.25, 0.3) is 0 Å². The lowest BCUT2D eigenvalue weighted by Crippen LogP contribution is -2.45. The van der Waals surface area contributed by atoms with E-state index in [9.17, 15) is 4.57 Å². The Bertz CT molecular complexity index is 278. The van der Waals surface area contributed by atoms with Gasteiger partial charge in [-0.1, -0.05) is 19.3 Å². The van der Waals surface area contributed by atoms with Crippen LogP contribution in [0.4, 0.5) is 0 Å². The smallest absolute Gasteiger partial charge is 0.329 e. The second-order valence-electron chi connectivity index (χ2n) is 6.01. The molecule has 1 atom stereocenters. The van der Waals surface area contributed by atoms with E-state index in [0.717, 1.165) is 25.7 Å². The Balaban J connectivity index is 2.67. The molecule has 0 saturated heterocycles. The largest absolute Gasteiger partial charge is 0.470 e. The Hall–Kier alpha value is 0.0700. The minimum atomic E-state index is -4.38. The number of likely N-dealkylation sites (N-methyl/N-ethyl adjacent to an activating group) is 1. The van der Waals surface area contributed by atoms with E-state index in [2.05, 4.69) is 0 Å². The van der Waals surface area contributed by atoms with E-state index in [1.807, 2.05) is 21.1 Å². The highest BCUT2D eigenvalue weighted by atomic mass is 31.2. The normalized spacial score (nSPS) is 21.5. The summed E-state index contributed by atoms with van der Waals surface area (Å²) < 4.78 is 16.7. The fourth-order valence-electron chi connectivity index (χ4n) is 2.49. The lowest BCUT2D eigenvalue weighted by atomic mass is 9.85. The van der Waals surface area contributed by atoms with Crippen molar-refractivity contribution in [3.8, 4) is 0 Å². The molecule has 0 aromatic rings. The fraction of sp³-hybridized carbons (Fsp3) is 1.00. The van der Waals surface area contributed by atoms with Crippen LogP contribution in [0.15, 0.2) is 0 Å². The van der Waals surface area contributed by atoms with Crippen molar-refractivity contribution in [2.75, 3.05) is 27.7 Å². The van der Waals surface area contributed by atoms with Crippen LogP contribution >= 0.6 is 7.82 Å². The van der Waals surface area contributed by atoms with Crippen LogP contribution in [0.5, 0.6) is 0 Å². The first-order valence-corrected chi connectivity index (χ1v) is 7.75. The number of phosphoric ester groups is 1. The molecule has 1 unspecified atom stereocenters. The molecule has 0 aliphatic heterocycles. The molecule has 17 heavy (non-hydrogen) atoms. The molecular formula is C11H25NO4P+. The van der Waals surface area contributed by atoms with Crippen molar-refractivity contribution in [1.82, 2.24) is 0 Å². The predicted octanol–water partition coefficient (Wildman–Crippen LogP) is 1.75. The molecule has 102 valence electrons. The molecule has 5 nitrogen and oxygen atoms in total. The van der Waals surface area contributed by atoms with Gasteiger partial charge < -0.3 is 14.3 Å². The van der Waals surface area contributed by atoms with Gasteiger partial charge in [0.15, 0.2) is 0 Å². The highest BCUT2D eigenvalue weighted by molar-refractivity contribution is 7.46. The topological polar surface area (TPSA) is 66.8 Å². The predicted molar refractivity (Wildman–Crippen MR) is 66.4 cm³/mol. The molecule has 1 saturated carbocycles. The van der Waals surface area contributed by atoms with Crippen LogP contribution in [0.2, 0.25) is 0 Å². The first-order valence-electron chi connectivity index (χ1n) is 6.22. The van der Waals surface area contributed by atoms with Gasteiger partial charge in [-0.3, -0.25) is 4.52 Å². The molecule has 6 heteroatoms. The Morgan fingerprint density at radius 3 is 2.18 bits per heavy atom. The van der Waals surface area contributed by atoms with Crippen molar-refractivity contribution in [2.24, 2.45) is 5.92 Å². The van der Waals surface area contributed by atoms with Gasteiger partial charge in [0.1, 0.15) is 12.6 Å². The van der Waals surface area contributed by atoms with Gasteiger partial charge in [0.05, 0.1) is 21.1 Å². The minimum Gasteiger partial charge on any atom is -0.329 e. The maximum absolute atomic E-state index is 11.0. The molecule has 0 amide bonds. The highest BCUT2D eigenvalue weighted by Crippen LogP contribution is 2.42. The summed E-state index contributed by atoms with van der Waals surface area (Å²) in [4.78, 5) is 18.0. The van der Waals surface area contributed by atoms with Gasteiger partial charge in [-0.25, -0.2) is 4.57 Å². The third-order valence-corrected chi connectivity index (χ3v) is 3.72. The van der Waals surface area contributed by atoms with Gasteiger partial charge >= 0.3 is 7.82 Å². The van der Waals surface area contributed by atoms with Gasteiger partial charge in [0.25, 0.3) is 0 Å². The van der Waals surface area contributed by atoms with Gasteiger partial charge in [-0.2, -0.15) is 0 Å². The van der Waals surface area contributed by atoms with E-state index >= 15 is 0 Å². The van der Waals surface area contributed by atoms with Crippen molar-refractivity contribution < 1.29 is 23.4 Å². The Morgan fingerprint density at radius 1 is 1.24 bits per heavy atom. The third-order valence-electron chi connectivity index (χ3n) is 3.18. The van der Waals surface area contributed by atoms with Gasteiger partial charge in [-0.15, -0.1) is 0 Å². The first-order chi connectivity index (χ1) is 7.67. The molecular weight excluding hydrogens is 241 g/mol. The Labute approximate surface area is 104 Å². The summed E-state index contributed by atoms with van der Waals surface area (Å²) in [6.07, 6.45) is 5.21. The van der Waals surface area contributed by atoms with E-state index < -0.39 is 7.82 Å². The average molecular weight is 266 g/mol. The summed E-state index contributed by atoms with van der Waals surface area (Å²) in [6.45, 7) is 0.635. The number of hydrogen-bond acceptors (Lipinski definition) is 2. The molecule has 1 aliphatic rings. The van der Waals surface area contributed by atoms with Crippen LogP contribution in [0.1, 0.15) is 32.1 Å². The molecule has 0 radical (unpaired) electrons. The summed E-state index contributed by atoms with van der Waals surface area (Å²) in [7, 11) is 1.65. The third kappa shape index (κ3) is 6.53. The van der Waals surface area contributed by atoms with Crippen LogP contribution in [-0.4, -0.2) is 48.1 Å². The minimum absolute atomic E-state index is 0.286. The van der Waals surface area contributed by atoms with Gasteiger partial charge in [0, 0.05) is 0 Å². The molecule has 1 aliphatic carbocycles. The van der Waals surface area contributed by atoms with Crippen LogP contribution < -0.4 is 0 Å². The maximum Gasteiger partial charge on any atom is 0.470 e. The second kappa shape index (κ2) is 5.81. The molecule has 0 aromatic carbocycles. The summed E-state index contributed by atoms with van der Waals surface area (Å²) in [5, 5.41) is 0. The summed E-state index contributed by atoms with van der Waals surface area (Å²) in [6, 6.07) is 0. The molecule has 0 spiro atoms. The van der Waals surface area contributed by atoms with Crippen molar-refractivity contribution in [1.29, 1.82) is 0 Å². The number of nitrogens with zero attached hydrogens (tertiary/aromatic N) is 1. The molecule has 0 bridgehead atoms. The second-order valence-corrected chi connectivity index (χ2v) is 7.20. The molecule has 0 heterocycles. The van der Waals surface area contributed by atoms with Crippen molar-refractivity contribution >= 4 is 7.82 Å². The Kier molecular flexibility index (Phi) is 5.17. The monoisotopic (exact) mass is 266 g/mol. The van der Waals surface area contributed by atoms with Gasteiger partial charge in [0.2, 0.25) is 0 Å². The first kappa shape index (κ1) is 15.1. The van der Waals surface area contributed by atoms with E-state index in [0.29, 0.717) is 11.0 Å². The van der Waals surface area contributed by atoms with E-state index in [4.69, 9.17) is 14.3 Å². The molecule has 1 fully saturated rings. The van der Waals surface area contributed by atoms with Crippen LogP contribution in [0, 0.1) is 5.92 Å². The zero-order chi connectivity index (χ0) is 13.1. The highest BCUT2D eigenvalue weighted by Gasteiger charge is 2.34. The fourth-order valence-corrected chi connectivity index (χ4v) is 3.08. The van der Waals surface area contributed by atoms with E-state index in [1.165, 1.54) is 6.42 Å². The van der Waals surface area contributed by atoms with Crippen molar-refractivity contribution in [3.05, 3.63) is 0 Å². The maximum atomic E-state index is 11.0. The number of hydrogen-bond donors (Lipinski definition) is 2. The molecule has 1 rings (SSSR count). The molecule has 0 aromatic heterocycles. The zero-order valence-electron chi connectivity index (χ0n) is 11.0. The molecule has 2 N–H and O–H groups in total. The van der Waals surface area contributed by atoms with Crippen LogP contribution in [0.3, 0.4) is 0 Å². The number of quaternary nitrogens is 1. The van der Waals surface area contributed by atoms with Gasteiger partial charge in [-0.05, 0) is 18.8 Å². The average Bonchev–Trinajstić information content (AvgIpc) is 2.14. The SMILES string of the molecule is C[N+](C)(C)CC(OP(=O)(O)O)C1CCCCC1. The Morgan fingerprint density at radius 2 is 1.76 bits per heavy atom. The van der Waals surface area contributed by atoms with E-state index in [1.54, 1.807) is 0 Å². The quantitative estimate of drug-likeness (QED) is 0.587.